The summed E-state index contributed by atoms with van der Waals surface area (Å²) in [6.07, 6.45) is 55.0. The molecule has 0 aliphatic carbocycles. The SMILES string of the molecule is C=CCC/C=C/CC(CCCCCCCc1cccc(OCC)c1)SC(C/C=C/CCCC)(CCCCCCCc1cccc(O)c1)SC(CCCCCCC)CCCCCCCc1cccc(O)c1. The first-order chi connectivity index (χ1) is 34.4. The number of hydrogen-bond acceptors (Lipinski definition) is 5. The molecule has 0 bridgehead atoms. The van der Waals surface area contributed by atoms with Gasteiger partial charge in [-0.2, -0.15) is 0 Å². The molecule has 0 aliphatic heterocycles. The van der Waals surface area contributed by atoms with Crippen molar-refractivity contribution < 1.29 is 14.9 Å². The molecule has 0 radical (unpaired) electrons. The molecule has 3 nitrogen and oxygen atoms in total. The molecule has 0 fully saturated rings. The number of benzene rings is 3. The van der Waals surface area contributed by atoms with Crippen molar-refractivity contribution in [2.24, 2.45) is 0 Å². The molecule has 0 amide bonds. The lowest BCUT2D eigenvalue weighted by Crippen LogP contribution is -2.27. The second-order valence-corrected chi connectivity index (χ2v) is 23.9. The summed E-state index contributed by atoms with van der Waals surface area (Å²) in [5, 5.41) is 21.3. The van der Waals surface area contributed by atoms with Gasteiger partial charge in [0.05, 0.1) is 10.7 Å². The first kappa shape index (κ1) is 61.3. The highest BCUT2D eigenvalue weighted by Crippen LogP contribution is 2.52. The van der Waals surface area contributed by atoms with Crippen LogP contribution in [0.3, 0.4) is 0 Å². The van der Waals surface area contributed by atoms with Gasteiger partial charge in [0, 0.05) is 10.5 Å². The Labute approximate surface area is 440 Å². The van der Waals surface area contributed by atoms with Crippen LogP contribution in [0.15, 0.2) is 110 Å². The van der Waals surface area contributed by atoms with Gasteiger partial charge in [-0.05, 0) is 156 Å². The second-order valence-electron chi connectivity index (χ2n) is 20.3. The average Bonchev–Trinajstić information content (AvgIpc) is 3.35. The molecule has 3 unspecified atom stereocenters. The molecule has 392 valence electrons. The minimum absolute atomic E-state index is 0.176. The van der Waals surface area contributed by atoms with E-state index in [1.807, 2.05) is 24.3 Å². The summed E-state index contributed by atoms with van der Waals surface area (Å²) in [6.45, 7) is 11.4. The van der Waals surface area contributed by atoms with Crippen LogP contribution in [0.1, 0.15) is 237 Å². The molecule has 3 aromatic rings. The van der Waals surface area contributed by atoms with Crippen molar-refractivity contribution in [2.75, 3.05) is 6.61 Å². The van der Waals surface area contributed by atoms with Crippen molar-refractivity contribution in [1.29, 1.82) is 0 Å². The Bertz CT molecular complexity index is 1770. The van der Waals surface area contributed by atoms with E-state index in [0.29, 0.717) is 22.0 Å². The number of aryl methyl sites for hydroxylation is 3. The molecule has 70 heavy (non-hydrogen) atoms. The maximum Gasteiger partial charge on any atom is 0.119 e. The summed E-state index contributed by atoms with van der Waals surface area (Å²) in [6, 6.07) is 24.4. The predicted octanol–water partition coefficient (Wildman–Crippen LogP) is 20.9. The Balaban J connectivity index is 1.78. The van der Waals surface area contributed by atoms with E-state index in [-0.39, 0.29) is 4.08 Å². The summed E-state index contributed by atoms with van der Waals surface area (Å²) < 4.78 is 5.95. The van der Waals surface area contributed by atoms with Gasteiger partial charge in [0.25, 0.3) is 0 Å². The topological polar surface area (TPSA) is 49.7 Å². The van der Waals surface area contributed by atoms with Crippen LogP contribution in [0.5, 0.6) is 17.2 Å². The standard InChI is InChI=1S/C65H102O3S2/c1-5-9-12-18-30-48-63(50-32-23-15-20-27-39-57-42-36-45-60(66)54-57)69-65(52-34-25-14-11-7-3,53-35-26-17-22-28-40-58-43-37-46-61(67)55-58)70-64(49-31-19-13-10-6-2)51-33-24-16-21-29-41-59-44-38-47-62(56-59)68-8-4/h6,19,25,31,34,36-38,42-47,54-56,63-64,66-67H,2,5,7-18,20-24,26-30,32-33,35,39-41,48-53H2,1,3-4H3/b31-19+,34-25+. The first-order valence-electron chi connectivity index (χ1n) is 28.9. The molecular weight excluding hydrogens is 893 g/mol. The fourth-order valence-electron chi connectivity index (χ4n) is 9.79. The molecule has 0 saturated heterocycles. The van der Waals surface area contributed by atoms with Crippen molar-refractivity contribution in [2.45, 2.75) is 254 Å². The van der Waals surface area contributed by atoms with Gasteiger partial charge in [0.2, 0.25) is 0 Å². The minimum Gasteiger partial charge on any atom is -0.508 e. The molecule has 3 aromatic carbocycles. The monoisotopic (exact) mass is 995 g/mol. The minimum atomic E-state index is 0.176. The average molecular weight is 996 g/mol. The van der Waals surface area contributed by atoms with Crippen LogP contribution >= 0.6 is 23.5 Å². The van der Waals surface area contributed by atoms with Gasteiger partial charge in [0.1, 0.15) is 17.2 Å². The molecule has 0 heterocycles. The van der Waals surface area contributed by atoms with Crippen LogP contribution in [-0.4, -0.2) is 31.4 Å². The van der Waals surface area contributed by atoms with Crippen LogP contribution in [0, 0.1) is 0 Å². The van der Waals surface area contributed by atoms with Gasteiger partial charge in [-0.3, -0.25) is 0 Å². The maximum atomic E-state index is 10.0. The van der Waals surface area contributed by atoms with Crippen molar-refractivity contribution in [3.05, 3.63) is 126 Å². The summed E-state index contributed by atoms with van der Waals surface area (Å²) >= 11 is 4.86. The number of rotatable bonds is 46. The number of unbranched alkanes of at least 4 members (excludes halogenated alkanes) is 19. The van der Waals surface area contributed by atoms with E-state index in [1.165, 1.54) is 203 Å². The Morgan fingerprint density at radius 2 is 0.986 bits per heavy atom. The third kappa shape index (κ3) is 30.8. The summed E-state index contributed by atoms with van der Waals surface area (Å²) in [7, 11) is 0. The number of allylic oxidation sites excluding steroid dienone is 5. The fraction of sp³-hybridized carbons (Fsp3) is 0.631. The largest absolute Gasteiger partial charge is 0.508 e. The van der Waals surface area contributed by atoms with Crippen LogP contribution in [0.25, 0.3) is 0 Å². The zero-order valence-electron chi connectivity index (χ0n) is 45.0. The zero-order chi connectivity index (χ0) is 50.0. The van der Waals surface area contributed by atoms with Crippen molar-refractivity contribution in [1.82, 2.24) is 0 Å². The smallest absolute Gasteiger partial charge is 0.119 e. The summed E-state index contributed by atoms with van der Waals surface area (Å²) in [5.74, 6) is 1.77. The number of aromatic hydroxyl groups is 2. The van der Waals surface area contributed by atoms with Crippen molar-refractivity contribution >= 4 is 23.5 Å². The van der Waals surface area contributed by atoms with Crippen LogP contribution < -0.4 is 4.74 Å². The molecule has 3 rings (SSSR count). The van der Waals surface area contributed by atoms with Crippen LogP contribution in [-0.2, 0) is 19.3 Å². The first-order valence-corrected chi connectivity index (χ1v) is 30.7. The van der Waals surface area contributed by atoms with E-state index in [2.05, 4.69) is 118 Å². The van der Waals surface area contributed by atoms with Gasteiger partial charge >= 0.3 is 0 Å². The Morgan fingerprint density at radius 1 is 0.500 bits per heavy atom. The van der Waals surface area contributed by atoms with Gasteiger partial charge in [-0.25, -0.2) is 0 Å². The number of thioether (sulfide) groups is 2. The van der Waals surface area contributed by atoms with Crippen LogP contribution in [0.2, 0.25) is 0 Å². The molecule has 2 N–H and O–H groups in total. The lowest BCUT2D eigenvalue weighted by molar-refractivity contribution is 0.340. The summed E-state index contributed by atoms with van der Waals surface area (Å²) in [4.78, 5) is 0. The molecular formula is C65H102O3S2. The fourth-order valence-corrected chi connectivity index (χ4v) is 14.0. The highest BCUT2D eigenvalue weighted by molar-refractivity contribution is 8.18. The number of phenolic OH excluding ortho intramolecular Hbond substituents is 2. The summed E-state index contributed by atoms with van der Waals surface area (Å²) in [5.41, 5.74) is 3.91. The van der Waals surface area contributed by atoms with Gasteiger partial charge in [-0.15, -0.1) is 30.1 Å². The van der Waals surface area contributed by atoms with E-state index < -0.39 is 0 Å². The van der Waals surface area contributed by atoms with E-state index in [1.54, 1.807) is 12.1 Å². The lowest BCUT2D eigenvalue weighted by Gasteiger charge is -2.39. The predicted molar refractivity (Wildman–Crippen MR) is 313 cm³/mol. The number of ether oxygens (including phenoxy) is 1. The van der Waals surface area contributed by atoms with Crippen molar-refractivity contribution in [3.63, 3.8) is 0 Å². The highest BCUT2D eigenvalue weighted by Gasteiger charge is 2.35. The molecule has 0 aromatic heterocycles. The molecule has 5 heteroatoms. The van der Waals surface area contributed by atoms with Crippen molar-refractivity contribution in [3.8, 4) is 17.2 Å². The van der Waals surface area contributed by atoms with E-state index in [4.69, 9.17) is 4.74 Å². The van der Waals surface area contributed by atoms with Crippen LogP contribution in [0.4, 0.5) is 0 Å². The highest BCUT2D eigenvalue weighted by atomic mass is 32.2. The van der Waals surface area contributed by atoms with E-state index in [9.17, 15) is 10.2 Å². The number of hydrogen-bond donors (Lipinski definition) is 2. The van der Waals surface area contributed by atoms with Gasteiger partial charge < -0.3 is 14.9 Å². The Hall–Kier alpha value is -3.02. The zero-order valence-corrected chi connectivity index (χ0v) is 46.7. The quantitative estimate of drug-likeness (QED) is 0.0336. The molecule has 0 aliphatic rings. The normalized spacial score (nSPS) is 13.5. The number of phenols is 2. The Kier molecular flexibility index (Phi) is 36.3. The third-order valence-corrected chi connectivity index (χ3v) is 17.6. The molecule has 0 spiro atoms. The van der Waals surface area contributed by atoms with Gasteiger partial charge in [-0.1, -0.05) is 203 Å². The second kappa shape index (κ2) is 41.5. The lowest BCUT2D eigenvalue weighted by atomic mass is 10.0. The maximum absolute atomic E-state index is 10.0. The van der Waals surface area contributed by atoms with Gasteiger partial charge in [0.15, 0.2) is 0 Å². The molecule has 0 saturated carbocycles. The molecule has 3 atom stereocenters. The Morgan fingerprint density at radius 3 is 1.54 bits per heavy atom. The van der Waals surface area contributed by atoms with E-state index in [0.717, 1.165) is 44.5 Å². The van der Waals surface area contributed by atoms with E-state index >= 15 is 0 Å². The third-order valence-electron chi connectivity index (χ3n) is 13.9.